The topological polar surface area (TPSA) is 50.4 Å². The van der Waals surface area contributed by atoms with Gasteiger partial charge in [-0.2, -0.15) is 0 Å². The monoisotopic (exact) mass is 398 g/mol. The van der Waals surface area contributed by atoms with E-state index in [1.807, 2.05) is 46.9 Å². The third-order valence-corrected chi connectivity index (χ3v) is 4.01. The molecule has 0 aliphatic carbocycles. The van der Waals surface area contributed by atoms with E-state index in [9.17, 15) is 9.18 Å². The highest BCUT2D eigenvalue weighted by Gasteiger charge is 2.26. The SMILES string of the molecule is O=C(Nc1ccc(F)cc1I)C1CNc2ccccc2O1. The highest BCUT2D eigenvalue weighted by atomic mass is 127. The maximum atomic E-state index is 13.1. The summed E-state index contributed by atoms with van der Waals surface area (Å²) in [6.07, 6.45) is -0.624. The summed E-state index contributed by atoms with van der Waals surface area (Å²) in [5, 5.41) is 5.92. The number of anilines is 2. The maximum absolute atomic E-state index is 13.1. The predicted octanol–water partition coefficient (Wildman–Crippen LogP) is 3.24. The summed E-state index contributed by atoms with van der Waals surface area (Å²) in [7, 11) is 0. The van der Waals surface area contributed by atoms with Crippen LogP contribution in [-0.2, 0) is 4.79 Å². The van der Waals surface area contributed by atoms with Crippen LogP contribution in [0.2, 0.25) is 0 Å². The highest BCUT2D eigenvalue weighted by Crippen LogP contribution is 2.28. The highest BCUT2D eigenvalue weighted by molar-refractivity contribution is 14.1. The van der Waals surface area contributed by atoms with Crippen LogP contribution in [0.25, 0.3) is 0 Å². The van der Waals surface area contributed by atoms with Crippen molar-refractivity contribution in [3.05, 3.63) is 51.9 Å². The fourth-order valence-electron chi connectivity index (χ4n) is 2.06. The second-order valence-corrected chi connectivity index (χ2v) is 5.76. The number of ether oxygens (including phenoxy) is 1. The Hall–Kier alpha value is -1.83. The van der Waals surface area contributed by atoms with Crippen LogP contribution in [0.1, 0.15) is 0 Å². The van der Waals surface area contributed by atoms with E-state index in [1.165, 1.54) is 12.1 Å². The lowest BCUT2D eigenvalue weighted by molar-refractivity contribution is -0.122. The minimum atomic E-state index is -0.624. The maximum Gasteiger partial charge on any atom is 0.267 e. The first-order valence-corrected chi connectivity index (χ1v) is 7.47. The zero-order chi connectivity index (χ0) is 14.8. The van der Waals surface area contributed by atoms with Crippen molar-refractivity contribution in [3.63, 3.8) is 0 Å². The second-order valence-electron chi connectivity index (χ2n) is 4.60. The van der Waals surface area contributed by atoms with Gasteiger partial charge in [0.05, 0.1) is 17.9 Å². The normalized spacial score (nSPS) is 16.4. The number of amides is 1. The average Bonchev–Trinajstić information content (AvgIpc) is 2.49. The Morgan fingerprint density at radius 3 is 2.95 bits per heavy atom. The second kappa shape index (κ2) is 5.88. The fourth-order valence-corrected chi connectivity index (χ4v) is 2.68. The molecule has 1 amide bonds. The minimum absolute atomic E-state index is 0.262. The molecule has 3 rings (SSSR count). The van der Waals surface area contributed by atoms with Gasteiger partial charge in [0, 0.05) is 3.57 Å². The molecule has 0 fully saturated rings. The van der Waals surface area contributed by atoms with Gasteiger partial charge >= 0.3 is 0 Å². The van der Waals surface area contributed by atoms with Gasteiger partial charge in [-0.3, -0.25) is 4.79 Å². The number of fused-ring (bicyclic) bond motifs is 1. The van der Waals surface area contributed by atoms with Crippen LogP contribution in [0, 0.1) is 9.39 Å². The molecule has 1 aliphatic rings. The molecule has 1 aliphatic heterocycles. The van der Waals surface area contributed by atoms with Crippen molar-refractivity contribution in [1.82, 2.24) is 0 Å². The quantitative estimate of drug-likeness (QED) is 0.764. The molecule has 2 aromatic rings. The number of hydrogen-bond donors (Lipinski definition) is 2. The molecule has 4 nitrogen and oxygen atoms in total. The molecular formula is C15H12FIN2O2. The number of carbonyl (C=O) groups is 1. The number of benzene rings is 2. The number of rotatable bonds is 2. The number of para-hydroxylation sites is 2. The minimum Gasteiger partial charge on any atom is -0.477 e. The summed E-state index contributed by atoms with van der Waals surface area (Å²) in [5.74, 6) is 0.0566. The van der Waals surface area contributed by atoms with Crippen LogP contribution in [0.3, 0.4) is 0 Å². The lowest BCUT2D eigenvalue weighted by atomic mass is 10.2. The summed E-state index contributed by atoms with van der Waals surface area (Å²) >= 11 is 1.98. The summed E-state index contributed by atoms with van der Waals surface area (Å²) in [6, 6.07) is 11.7. The van der Waals surface area contributed by atoms with Crippen LogP contribution in [0.15, 0.2) is 42.5 Å². The molecule has 6 heteroatoms. The van der Waals surface area contributed by atoms with Gasteiger partial charge in [0.15, 0.2) is 6.10 Å². The van der Waals surface area contributed by atoms with Crippen molar-refractivity contribution in [2.45, 2.75) is 6.10 Å². The van der Waals surface area contributed by atoms with Crippen LogP contribution < -0.4 is 15.4 Å². The van der Waals surface area contributed by atoms with Crippen LogP contribution in [0.4, 0.5) is 15.8 Å². The van der Waals surface area contributed by atoms with Crippen molar-refractivity contribution < 1.29 is 13.9 Å². The number of nitrogens with one attached hydrogen (secondary N) is 2. The molecule has 0 radical (unpaired) electrons. The molecule has 0 bridgehead atoms. The third kappa shape index (κ3) is 3.10. The van der Waals surface area contributed by atoms with Crippen molar-refractivity contribution in [2.24, 2.45) is 0 Å². The zero-order valence-corrected chi connectivity index (χ0v) is 13.1. The molecule has 0 saturated heterocycles. The Bertz CT molecular complexity index is 693. The Balaban J connectivity index is 1.72. The molecule has 2 N–H and O–H groups in total. The molecule has 2 aromatic carbocycles. The van der Waals surface area contributed by atoms with Gasteiger partial charge in [0.2, 0.25) is 0 Å². The standard InChI is InChI=1S/C15H12FIN2O2/c16-9-5-6-11(10(17)7-9)19-15(20)14-8-18-12-3-1-2-4-13(12)21-14/h1-7,14,18H,8H2,(H,19,20). The van der Waals surface area contributed by atoms with Gasteiger partial charge in [0.25, 0.3) is 5.91 Å². The van der Waals surface area contributed by atoms with Crippen molar-refractivity contribution in [2.75, 3.05) is 17.2 Å². The first-order valence-electron chi connectivity index (χ1n) is 6.39. The Morgan fingerprint density at radius 2 is 2.14 bits per heavy atom. The van der Waals surface area contributed by atoms with Gasteiger partial charge in [-0.05, 0) is 52.9 Å². The van der Waals surface area contributed by atoms with Gasteiger partial charge in [-0.25, -0.2) is 4.39 Å². The van der Waals surface area contributed by atoms with Gasteiger partial charge in [0.1, 0.15) is 11.6 Å². The van der Waals surface area contributed by atoms with Gasteiger partial charge < -0.3 is 15.4 Å². The molecule has 1 atom stereocenters. The Morgan fingerprint density at radius 1 is 1.33 bits per heavy atom. The van der Waals surface area contributed by atoms with Crippen LogP contribution in [-0.4, -0.2) is 18.6 Å². The van der Waals surface area contributed by atoms with Crippen molar-refractivity contribution in [1.29, 1.82) is 0 Å². The Labute approximate surface area is 134 Å². The van der Waals surface area contributed by atoms with E-state index in [2.05, 4.69) is 10.6 Å². The number of halogens is 2. The molecule has 0 aromatic heterocycles. The molecule has 1 heterocycles. The molecule has 0 saturated carbocycles. The summed E-state index contributed by atoms with van der Waals surface area (Å²) in [4.78, 5) is 12.2. The van der Waals surface area contributed by atoms with Crippen LogP contribution in [0.5, 0.6) is 5.75 Å². The predicted molar refractivity (Wildman–Crippen MR) is 87.1 cm³/mol. The first kappa shape index (κ1) is 14.1. The first-order chi connectivity index (χ1) is 10.1. The number of carbonyl (C=O) groups excluding carboxylic acids is 1. The number of hydrogen-bond acceptors (Lipinski definition) is 3. The van der Waals surface area contributed by atoms with Crippen LogP contribution >= 0.6 is 22.6 Å². The lowest BCUT2D eigenvalue weighted by Gasteiger charge is -2.26. The molecule has 108 valence electrons. The molecule has 21 heavy (non-hydrogen) atoms. The summed E-state index contributed by atoms with van der Waals surface area (Å²) < 4.78 is 19.4. The van der Waals surface area contributed by atoms with E-state index in [0.717, 1.165) is 5.69 Å². The molecular weight excluding hydrogens is 386 g/mol. The van der Waals surface area contributed by atoms with Gasteiger partial charge in [-0.15, -0.1) is 0 Å². The Kier molecular flexibility index (Phi) is 3.96. The van der Waals surface area contributed by atoms with Crippen molar-refractivity contribution >= 4 is 39.9 Å². The zero-order valence-electron chi connectivity index (χ0n) is 10.9. The van der Waals surface area contributed by atoms with E-state index in [0.29, 0.717) is 21.6 Å². The van der Waals surface area contributed by atoms with Crippen molar-refractivity contribution in [3.8, 4) is 5.75 Å². The van der Waals surface area contributed by atoms with E-state index in [1.54, 1.807) is 6.07 Å². The summed E-state index contributed by atoms with van der Waals surface area (Å²) in [6.45, 7) is 0.390. The lowest BCUT2D eigenvalue weighted by Crippen LogP contribution is -2.41. The largest absolute Gasteiger partial charge is 0.477 e. The van der Waals surface area contributed by atoms with E-state index in [4.69, 9.17) is 4.74 Å². The molecule has 1 unspecified atom stereocenters. The third-order valence-electron chi connectivity index (χ3n) is 3.12. The van der Waals surface area contributed by atoms with E-state index >= 15 is 0 Å². The fraction of sp³-hybridized carbons (Fsp3) is 0.133. The van der Waals surface area contributed by atoms with E-state index < -0.39 is 6.10 Å². The average molecular weight is 398 g/mol. The summed E-state index contributed by atoms with van der Waals surface area (Å²) in [5.41, 5.74) is 1.45. The van der Waals surface area contributed by atoms with E-state index in [-0.39, 0.29) is 11.7 Å². The molecule has 0 spiro atoms. The smallest absolute Gasteiger partial charge is 0.267 e. The van der Waals surface area contributed by atoms with Gasteiger partial charge in [-0.1, -0.05) is 12.1 Å².